The summed E-state index contributed by atoms with van der Waals surface area (Å²) >= 11 is 0. The fourth-order valence-electron chi connectivity index (χ4n) is 4.05. The molecule has 0 radical (unpaired) electrons. The van der Waals surface area contributed by atoms with Crippen LogP contribution in [0.3, 0.4) is 0 Å². The number of hydrogen-bond donors (Lipinski definition) is 1. The number of ketones is 2. The van der Waals surface area contributed by atoms with Crippen LogP contribution in [0.2, 0.25) is 0 Å². The van der Waals surface area contributed by atoms with Crippen molar-refractivity contribution in [2.24, 2.45) is 0 Å². The predicted octanol–water partition coefficient (Wildman–Crippen LogP) is 5.22. The largest absolute Gasteiger partial charge is 0.464 e. The SMILES string of the molecule is CC.COC(=O)c1nc(-c2ccc3c(n2)C(=O)C(C)=CC3=O)c2[nH]c3ccccc3c2c1C. The summed E-state index contributed by atoms with van der Waals surface area (Å²) in [6, 6.07) is 11.0. The summed E-state index contributed by atoms with van der Waals surface area (Å²) in [5.41, 5.74) is 3.92. The van der Waals surface area contributed by atoms with Crippen LogP contribution in [0.5, 0.6) is 0 Å². The number of Topliss-reactive ketones (excluding diaryl/α,β-unsaturated/α-hetero) is 1. The average molecular weight is 441 g/mol. The average Bonchev–Trinajstić information content (AvgIpc) is 3.23. The maximum absolute atomic E-state index is 12.6. The van der Waals surface area contributed by atoms with Crippen LogP contribution in [-0.4, -0.2) is 39.6 Å². The molecule has 1 aromatic carbocycles. The van der Waals surface area contributed by atoms with Crippen LogP contribution in [0.25, 0.3) is 33.2 Å². The Morgan fingerprint density at radius 1 is 0.970 bits per heavy atom. The maximum atomic E-state index is 12.6. The van der Waals surface area contributed by atoms with E-state index in [2.05, 4.69) is 15.0 Å². The predicted molar refractivity (Wildman–Crippen MR) is 127 cm³/mol. The third-order valence-electron chi connectivity index (χ3n) is 5.60. The molecule has 0 bridgehead atoms. The highest BCUT2D eigenvalue weighted by Crippen LogP contribution is 2.35. The molecule has 0 saturated heterocycles. The van der Waals surface area contributed by atoms with Gasteiger partial charge >= 0.3 is 5.97 Å². The second-order valence-electron chi connectivity index (χ2n) is 7.46. The number of carbonyl (C=O) groups excluding carboxylic acids is 3. The van der Waals surface area contributed by atoms with Gasteiger partial charge in [-0.25, -0.2) is 14.8 Å². The second-order valence-corrected chi connectivity index (χ2v) is 7.46. The molecule has 5 rings (SSSR count). The van der Waals surface area contributed by atoms with Crippen LogP contribution in [0.4, 0.5) is 0 Å². The van der Waals surface area contributed by atoms with Gasteiger partial charge in [0.2, 0.25) is 5.78 Å². The molecule has 0 fully saturated rings. The molecule has 0 aliphatic heterocycles. The van der Waals surface area contributed by atoms with Gasteiger partial charge in [0.1, 0.15) is 11.4 Å². The highest BCUT2D eigenvalue weighted by molar-refractivity contribution is 6.23. The van der Waals surface area contributed by atoms with E-state index in [9.17, 15) is 14.4 Å². The number of para-hydroxylation sites is 1. The Bertz CT molecular complexity index is 1490. The Hall–Kier alpha value is -4.13. The number of allylic oxidation sites excluding steroid dienone is 2. The van der Waals surface area contributed by atoms with Crippen molar-refractivity contribution in [3.8, 4) is 11.4 Å². The molecule has 0 unspecified atom stereocenters. The normalized spacial score (nSPS) is 12.8. The zero-order valence-electron chi connectivity index (χ0n) is 19.1. The first-order chi connectivity index (χ1) is 15.9. The molecular weight excluding hydrogens is 418 g/mol. The van der Waals surface area contributed by atoms with E-state index in [1.54, 1.807) is 19.1 Å². The van der Waals surface area contributed by atoms with E-state index in [1.165, 1.54) is 13.2 Å². The first-order valence-corrected chi connectivity index (χ1v) is 10.7. The number of nitrogens with one attached hydrogen (secondary N) is 1. The smallest absolute Gasteiger partial charge is 0.356 e. The van der Waals surface area contributed by atoms with E-state index in [0.717, 1.165) is 16.3 Å². The number of H-pyrrole nitrogens is 1. The lowest BCUT2D eigenvalue weighted by atomic mass is 9.94. The van der Waals surface area contributed by atoms with Crippen LogP contribution in [0, 0.1) is 6.92 Å². The second kappa shape index (κ2) is 8.43. The highest BCUT2D eigenvalue weighted by Gasteiger charge is 2.27. The minimum atomic E-state index is -0.561. The van der Waals surface area contributed by atoms with Crippen LogP contribution >= 0.6 is 0 Å². The number of rotatable bonds is 2. The summed E-state index contributed by atoms with van der Waals surface area (Å²) in [5, 5.41) is 1.77. The van der Waals surface area contributed by atoms with Crippen molar-refractivity contribution in [1.29, 1.82) is 0 Å². The Morgan fingerprint density at radius 3 is 2.42 bits per heavy atom. The van der Waals surface area contributed by atoms with Crippen molar-refractivity contribution >= 4 is 39.3 Å². The number of fused-ring (bicyclic) bond motifs is 4. The molecule has 0 spiro atoms. The molecule has 3 aromatic heterocycles. The number of carbonyl (C=O) groups is 3. The molecule has 0 amide bonds. The van der Waals surface area contributed by atoms with Gasteiger partial charge in [0, 0.05) is 21.9 Å². The maximum Gasteiger partial charge on any atom is 0.356 e. The number of hydrogen-bond acceptors (Lipinski definition) is 6. The zero-order valence-corrected chi connectivity index (χ0v) is 19.1. The summed E-state index contributed by atoms with van der Waals surface area (Å²) in [6.45, 7) is 7.41. The third-order valence-corrected chi connectivity index (χ3v) is 5.60. The van der Waals surface area contributed by atoms with Crippen molar-refractivity contribution in [3.05, 3.63) is 70.6 Å². The number of aromatic nitrogens is 3. The lowest BCUT2D eigenvalue weighted by Crippen LogP contribution is -2.18. The van der Waals surface area contributed by atoms with E-state index in [-0.39, 0.29) is 28.5 Å². The summed E-state index contributed by atoms with van der Waals surface area (Å²) in [5.74, 6) is -1.12. The lowest BCUT2D eigenvalue weighted by Gasteiger charge is -2.14. The van der Waals surface area contributed by atoms with Crippen molar-refractivity contribution < 1.29 is 19.1 Å². The first kappa shape index (κ1) is 22.1. The van der Waals surface area contributed by atoms with E-state index in [1.807, 2.05) is 45.0 Å². The molecule has 33 heavy (non-hydrogen) atoms. The van der Waals surface area contributed by atoms with Gasteiger partial charge in [0.05, 0.1) is 23.9 Å². The number of ether oxygens (including phenoxy) is 1. The molecule has 166 valence electrons. The number of aryl methyl sites for hydroxylation is 1. The summed E-state index contributed by atoms with van der Waals surface area (Å²) in [7, 11) is 1.30. The third kappa shape index (κ3) is 3.42. The van der Waals surface area contributed by atoms with Gasteiger partial charge < -0.3 is 9.72 Å². The van der Waals surface area contributed by atoms with Gasteiger partial charge in [-0.3, -0.25) is 9.59 Å². The van der Waals surface area contributed by atoms with E-state index in [4.69, 9.17) is 4.74 Å². The minimum absolute atomic E-state index is 0.0914. The van der Waals surface area contributed by atoms with Crippen molar-refractivity contribution in [2.75, 3.05) is 7.11 Å². The monoisotopic (exact) mass is 441 g/mol. The van der Waals surface area contributed by atoms with E-state index < -0.39 is 5.97 Å². The van der Waals surface area contributed by atoms with Gasteiger partial charge in [-0.15, -0.1) is 0 Å². The van der Waals surface area contributed by atoms with Crippen LogP contribution < -0.4 is 0 Å². The molecule has 7 heteroatoms. The standard InChI is InChI=1S/C24H17N3O4.C2H6/c1-11-10-17(28)14-8-9-16(26-20(14)23(11)29)21-22-18(12(2)19(27-21)24(30)31-3)13-6-4-5-7-15(13)25-22;1-2/h4-10,25H,1-3H3;1-2H3. The van der Waals surface area contributed by atoms with Crippen molar-refractivity contribution in [2.45, 2.75) is 27.7 Å². The van der Waals surface area contributed by atoms with Gasteiger partial charge in [0.15, 0.2) is 11.5 Å². The molecule has 0 atom stereocenters. The Kier molecular flexibility index (Phi) is 5.64. The molecular formula is C26H23N3O4. The summed E-state index contributed by atoms with van der Waals surface area (Å²) in [4.78, 5) is 49.8. The number of esters is 1. The molecule has 0 saturated carbocycles. The van der Waals surface area contributed by atoms with E-state index >= 15 is 0 Å². The van der Waals surface area contributed by atoms with Gasteiger partial charge in [-0.2, -0.15) is 0 Å². The number of nitrogens with zero attached hydrogens (tertiary/aromatic N) is 2. The van der Waals surface area contributed by atoms with Crippen LogP contribution in [0.15, 0.2) is 48.0 Å². The summed E-state index contributed by atoms with van der Waals surface area (Å²) < 4.78 is 4.94. The molecule has 1 N–H and O–H groups in total. The molecule has 3 heterocycles. The quantitative estimate of drug-likeness (QED) is 0.428. The zero-order chi connectivity index (χ0) is 23.9. The fraction of sp³-hybridized carbons (Fsp3) is 0.192. The first-order valence-electron chi connectivity index (χ1n) is 10.7. The molecule has 7 nitrogen and oxygen atoms in total. The molecule has 1 aliphatic carbocycles. The number of benzene rings is 1. The van der Waals surface area contributed by atoms with Crippen molar-refractivity contribution in [3.63, 3.8) is 0 Å². The Balaban J connectivity index is 0.00000126. The highest BCUT2D eigenvalue weighted by atomic mass is 16.5. The van der Waals surface area contributed by atoms with Gasteiger partial charge in [0.25, 0.3) is 0 Å². The molecule has 1 aliphatic rings. The topological polar surface area (TPSA) is 102 Å². The van der Waals surface area contributed by atoms with Crippen molar-refractivity contribution in [1.82, 2.24) is 15.0 Å². The van der Waals surface area contributed by atoms with Gasteiger partial charge in [-0.05, 0) is 43.7 Å². The number of pyridine rings is 2. The lowest BCUT2D eigenvalue weighted by molar-refractivity contribution is 0.0593. The van der Waals surface area contributed by atoms with Crippen LogP contribution in [0.1, 0.15) is 57.7 Å². The number of methoxy groups -OCH3 is 1. The summed E-state index contributed by atoms with van der Waals surface area (Å²) in [6.07, 6.45) is 1.32. The Morgan fingerprint density at radius 2 is 1.70 bits per heavy atom. The molecule has 4 aromatic rings. The van der Waals surface area contributed by atoms with E-state index in [0.29, 0.717) is 28.0 Å². The Labute approximate surface area is 190 Å². The minimum Gasteiger partial charge on any atom is -0.464 e. The number of aromatic amines is 1. The van der Waals surface area contributed by atoms with Crippen LogP contribution in [-0.2, 0) is 4.74 Å². The van der Waals surface area contributed by atoms with Gasteiger partial charge in [-0.1, -0.05) is 32.0 Å². The fourth-order valence-corrected chi connectivity index (χ4v) is 4.05.